The molecule has 0 saturated carbocycles. The Balaban J connectivity index is 5.06. The maximum absolute atomic E-state index is 11.5. The van der Waals surface area contributed by atoms with E-state index in [9.17, 15) is 19.2 Å². The van der Waals surface area contributed by atoms with Gasteiger partial charge in [-0.05, 0) is 12.8 Å². The average molecular weight is 408 g/mol. The highest BCUT2D eigenvalue weighted by Crippen LogP contribution is 2.28. The summed E-state index contributed by atoms with van der Waals surface area (Å²) in [6.07, 6.45) is 6.38. The summed E-state index contributed by atoms with van der Waals surface area (Å²) in [6, 6.07) is 0. The maximum atomic E-state index is 11.5. The summed E-state index contributed by atoms with van der Waals surface area (Å²) in [7, 11) is 0. The number of hydrogen-bond donors (Lipinski definition) is 0. The fourth-order valence-corrected chi connectivity index (χ4v) is 2.20. The Labute approximate surface area is 170 Å². The van der Waals surface area contributed by atoms with E-state index < -0.39 is 29.3 Å². The first kappa shape index (κ1) is 25.8. The summed E-state index contributed by atoms with van der Waals surface area (Å²) in [6.45, 7) is 13.1. The highest BCUT2D eigenvalue weighted by atomic mass is 16.6. The van der Waals surface area contributed by atoms with Crippen LogP contribution < -0.4 is 0 Å². The van der Waals surface area contributed by atoms with Crippen LogP contribution in [0.2, 0.25) is 0 Å². The quantitative estimate of drug-likeness (QED) is 0.166. The Morgan fingerprint density at radius 3 is 1.34 bits per heavy atom. The average Bonchev–Trinajstić information content (AvgIpc) is 2.75. The summed E-state index contributed by atoms with van der Waals surface area (Å²) in [5.74, 6) is -2.47. The first-order chi connectivity index (χ1) is 13.8. The first-order valence-electron chi connectivity index (χ1n) is 8.99. The van der Waals surface area contributed by atoms with E-state index in [0.717, 1.165) is 24.3 Å². The molecule has 0 amide bonds. The van der Waals surface area contributed by atoms with Crippen LogP contribution in [0.1, 0.15) is 25.7 Å². The molecule has 0 aliphatic carbocycles. The lowest BCUT2D eigenvalue weighted by molar-refractivity contribution is -0.156. The summed E-state index contributed by atoms with van der Waals surface area (Å²) < 4.78 is 20.3. The monoisotopic (exact) mass is 408 g/mol. The van der Waals surface area contributed by atoms with Crippen LogP contribution in [0.3, 0.4) is 0 Å². The third-order valence-electron chi connectivity index (χ3n) is 3.82. The van der Waals surface area contributed by atoms with Crippen LogP contribution in [-0.4, -0.2) is 50.3 Å². The van der Waals surface area contributed by atoms with Gasteiger partial charge < -0.3 is 18.9 Å². The SMILES string of the molecule is C=CC(=O)OCCCCCC(COC(=O)C=C)(COC(=O)C=C)COC(=O)C=C. The van der Waals surface area contributed by atoms with Gasteiger partial charge in [-0.1, -0.05) is 39.2 Å². The molecule has 8 nitrogen and oxygen atoms in total. The van der Waals surface area contributed by atoms with Gasteiger partial charge in [0.2, 0.25) is 0 Å². The third-order valence-corrected chi connectivity index (χ3v) is 3.82. The minimum atomic E-state index is -0.964. The largest absolute Gasteiger partial charge is 0.463 e. The molecular weight excluding hydrogens is 380 g/mol. The van der Waals surface area contributed by atoms with Gasteiger partial charge in [0.05, 0.1) is 12.0 Å². The molecule has 0 saturated heterocycles. The van der Waals surface area contributed by atoms with Crippen molar-refractivity contribution in [1.29, 1.82) is 0 Å². The van der Waals surface area contributed by atoms with E-state index in [-0.39, 0.29) is 26.4 Å². The van der Waals surface area contributed by atoms with Crippen LogP contribution in [-0.2, 0) is 38.1 Å². The zero-order chi connectivity index (χ0) is 22.1. The van der Waals surface area contributed by atoms with E-state index in [1.165, 1.54) is 0 Å². The molecule has 0 fully saturated rings. The zero-order valence-corrected chi connectivity index (χ0v) is 16.6. The van der Waals surface area contributed by atoms with E-state index in [1.54, 1.807) is 0 Å². The van der Waals surface area contributed by atoms with Crippen LogP contribution in [0.5, 0.6) is 0 Å². The molecule has 0 aromatic heterocycles. The molecule has 0 N–H and O–H groups in total. The van der Waals surface area contributed by atoms with Crippen molar-refractivity contribution in [2.45, 2.75) is 25.7 Å². The standard InChI is InChI=1S/C21H28O8/c1-5-17(22)26-13-11-9-10-12-21(14-27-18(23)6-2,15-28-19(24)7-3)16-29-20(25)8-4/h5-8H,1-4,9-16H2. The van der Waals surface area contributed by atoms with Gasteiger partial charge >= 0.3 is 23.9 Å². The van der Waals surface area contributed by atoms with Crippen LogP contribution in [0.25, 0.3) is 0 Å². The number of rotatable bonds is 16. The summed E-state index contributed by atoms with van der Waals surface area (Å²) in [4.78, 5) is 45.6. The molecule has 0 rings (SSSR count). The topological polar surface area (TPSA) is 105 Å². The van der Waals surface area contributed by atoms with Crippen molar-refractivity contribution in [3.63, 3.8) is 0 Å². The molecule has 0 radical (unpaired) electrons. The van der Waals surface area contributed by atoms with Crippen molar-refractivity contribution in [2.24, 2.45) is 5.41 Å². The molecular formula is C21H28O8. The number of ether oxygens (including phenoxy) is 4. The smallest absolute Gasteiger partial charge is 0.330 e. The van der Waals surface area contributed by atoms with Gasteiger partial charge in [0, 0.05) is 24.3 Å². The molecule has 160 valence electrons. The Bertz CT molecular complexity index is 560. The minimum absolute atomic E-state index is 0.155. The second-order valence-corrected chi connectivity index (χ2v) is 6.12. The van der Waals surface area contributed by atoms with Crippen molar-refractivity contribution < 1.29 is 38.1 Å². The number of hydrogen-bond acceptors (Lipinski definition) is 8. The summed E-state index contributed by atoms with van der Waals surface area (Å²) in [5.41, 5.74) is -0.964. The molecule has 0 aromatic rings. The van der Waals surface area contributed by atoms with Crippen LogP contribution in [0, 0.1) is 5.41 Å². The fraction of sp³-hybridized carbons (Fsp3) is 0.429. The molecule has 0 heterocycles. The lowest BCUT2D eigenvalue weighted by Crippen LogP contribution is -2.39. The molecule has 0 atom stereocenters. The van der Waals surface area contributed by atoms with Gasteiger partial charge in [0.15, 0.2) is 0 Å². The summed E-state index contributed by atoms with van der Waals surface area (Å²) >= 11 is 0. The second kappa shape index (κ2) is 14.8. The Morgan fingerprint density at radius 2 is 0.966 bits per heavy atom. The van der Waals surface area contributed by atoms with Gasteiger partial charge in [-0.15, -0.1) is 0 Å². The van der Waals surface area contributed by atoms with Crippen LogP contribution >= 0.6 is 0 Å². The van der Waals surface area contributed by atoms with Gasteiger partial charge in [-0.3, -0.25) is 0 Å². The first-order valence-corrected chi connectivity index (χ1v) is 8.99. The van der Waals surface area contributed by atoms with E-state index in [0.29, 0.717) is 25.7 Å². The molecule has 0 spiro atoms. The van der Waals surface area contributed by atoms with Gasteiger partial charge in [0.1, 0.15) is 19.8 Å². The van der Waals surface area contributed by atoms with Gasteiger partial charge in [-0.25, -0.2) is 19.2 Å². The van der Waals surface area contributed by atoms with Crippen molar-refractivity contribution in [3.05, 3.63) is 50.6 Å². The normalized spacial score (nSPS) is 10.2. The Hall–Kier alpha value is -3.16. The number of unbranched alkanes of at least 4 members (excludes halogenated alkanes) is 2. The van der Waals surface area contributed by atoms with E-state index >= 15 is 0 Å². The van der Waals surface area contributed by atoms with Gasteiger partial charge in [-0.2, -0.15) is 0 Å². The number of carbonyl (C=O) groups is 4. The number of carbonyl (C=O) groups excluding carboxylic acids is 4. The van der Waals surface area contributed by atoms with Crippen LogP contribution in [0.15, 0.2) is 50.6 Å². The Kier molecular flexibility index (Phi) is 13.2. The zero-order valence-electron chi connectivity index (χ0n) is 16.6. The minimum Gasteiger partial charge on any atom is -0.463 e. The fourth-order valence-electron chi connectivity index (χ4n) is 2.20. The molecule has 8 heteroatoms. The molecule has 0 unspecified atom stereocenters. The van der Waals surface area contributed by atoms with Crippen molar-refractivity contribution in [2.75, 3.05) is 26.4 Å². The third kappa shape index (κ3) is 12.0. The molecule has 0 aliphatic heterocycles. The highest BCUT2D eigenvalue weighted by molar-refractivity contribution is 5.82. The molecule has 29 heavy (non-hydrogen) atoms. The predicted molar refractivity (Wildman–Crippen MR) is 106 cm³/mol. The van der Waals surface area contributed by atoms with E-state index in [1.807, 2.05) is 0 Å². The van der Waals surface area contributed by atoms with E-state index in [4.69, 9.17) is 18.9 Å². The highest BCUT2D eigenvalue weighted by Gasteiger charge is 2.35. The maximum Gasteiger partial charge on any atom is 0.330 e. The predicted octanol–water partition coefficient (Wildman–Crippen LogP) is 2.45. The second-order valence-electron chi connectivity index (χ2n) is 6.12. The summed E-state index contributed by atoms with van der Waals surface area (Å²) in [5, 5.41) is 0. The van der Waals surface area contributed by atoms with Crippen LogP contribution in [0.4, 0.5) is 0 Å². The van der Waals surface area contributed by atoms with E-state index in [2.05, 4.69) is 26.3 Å². The van der Waals surface area contributed by atoms with Crippen molar-refractivity contribution >= 4 is 23.9 Å². The lowest BCUT2D eigenvalue weighted by Gasteiger charge is -2.32. The van der Waals surface area contributed by atoms with Gasteiger partial charge in [0.25, 0.3) is 0 Å². The lowest BCUT2D eigenvalue weighted by atomic mass is 9.84. The molecule has 0 aliphatic rings. The Morgan fingerprint density at radius 1 is 0.586 bits per heavy atom. The van der Waals surface area contributed by atoms with Crippen molar-refractivity contribution in [1.82, 2.24) is 0 Å². The molecule has 0 bridgehead atoms. The number of esters is 4. The molecule has 0 aromatic carbocycles. The van der Waals surface area contributed by atoms with Crippen molar-refractivity contribution in [3.8, 4) is 0 Å².